The van der Waals surface area contributed by atoms with Gasteiger partial charge < -0.3 is 4.42 Å². The van der Waals surface area contributed by atoms with Crippen LogP contribution in [-0.2, 0) is 11.8 Å². The Balaban J connectivity index is 1.47. The van der Waals surface area contributed by atoms with Gasteiger partial charge >= 0.3 is 5.91 Å². The van der Waals surface area contributed by atoms with Crippen molar-refractivity contribution in [3.8, 4) is 11.1 Å². The Morgan fingerprint density at radius 3 is 2.70 bits per heavy atom. The Kier molecular flexibility index (Phi) is 5.68. The fourth-order valence-corrected chi connectivity index (χ4v) is 4.53. The van der Waals surface area contributed by atoms with Gasteiger partial charge in [-0.3, -0.25) is 29.8 Å². The summed E-state index contributed by atoms with van der Waals surface area (Å²) in [4.78, 5) is 41.9. The monoisotopic (exact) mass is 440 g/mol. The van der Waals surface area contributed by atoms with Gasteiger partial charge in [0.1, 0.15) is 4.83 Å². The van der Waals surface area contributed by atoms with E-state index < -0.39 is 11.8 Å². The molecule has 0 saturated heterocycles. The van der Waals surface area contributed by atoms with E-state index in [2.05, 4.69) is 15.8 Å². The lowest BCUT2D eigenvalue weighted by Gasteiger charge is -2.09. The molecule has 30 heavy (non-hydrogen) atoms. The molecule has 10 heteroatoms. The summed E-state index contributed by atoms with van der Waals surface area (Å²) in [5, 5.41) is 2.90. The number of nitrogens with one attached hydrogen (secondary N) is 2. The number of hydrogen-bond acceptors (Lipinski definition) is 7. The molecular formula is C20H16N4O4S2. The van der Waals surface area contributed by atoms with Gasteiger partial charge in [-0.1, -0.05) is 42.1 Å². The van der Waals surface area contributed by atoms with Crippen molar-refractivity contribution in [3.05, 3.63) is 70.2 Å². The summed E-state index contributed by atoms with van der Waals surface area (Å²) in [5.41, 5.74) is 6.20. The second-order valence-corrected chi connectivity index (χ2v) is 8.02. The minimum atomic E-state index is -0.558. The minimum absolute atomic E-state index is 0.0266. The molecule has 0 aliphatic carbocycles. The van der Waals surface area contributed by atoms with Gasteiger partial charge in [-0.15, -0.1) is 11.3 Å². The molecular weight excluding hydrogens is 424 g/mol. The van der Waals surface area contributed by atoms with Gasteiger partial charge in [-0.05, 0) is 17.7 Å². The number of rotatable bonds is 5. The molecule has 0 aliphatic rings. The largest absolute Gasteiger partial charge is 0.459 e. The molecule has 2 amide bonds. The number of aromatic nitrogens is 2. The molecule has 0 aliphatic heterocycles. The summed E-state index contributed by atoms with van der Waals surface area (Å²) in [6.07, 6.45) is 1.36. The van der Waals surface area contributed by atoms with Crippen LogP contribution in [0.4, 0.5) is 0 Å². The fourth-order valence-electron chi connectivity index (χ4n) is 2.77. The van der Waals surface area contributed by atoms with Gasteiger partial charge in [0.15, 0.2) is 10.9 Å². The van der Waals surface area contributed by atoms with Crippen LogP contribution >= 0.6 is 23.1 Å². The van der Waals surface area contributed by atoms with Crippen LogP contribution in [0.2, 0.25) is 0 Å². The summed E-state index contributed by atoms with van der Waals surface area (Å²) in [6, 6.07) is 12.7. The molecule has 4 rings (SSSR count). The van der Waals surface area contributed by atoms with E-state index in [9.17, 15) is 14.4 Å². The quantitative estimate of drug-likeness (QED) is 0.281. The van der Waals surface area contributed by atoms with Crippen molar-refractivity contribution in [1.29, 1.82) is 0 Å². The lowest BCUT2D eigenvalue weighted by Crippen LogP contribution is -2.42. The fraction of sp³-hybridized carbons (Fsp3) is 0.100. The maximum Gasteiger partial charge on any atom is 0.305 e. The minimum Gasteiger partial charge on any atom is -0.459 e. The second kappa shape index (κ2) is 8.56. The van der Waals surface area contributed by atoms with Gasteiger partial charge in [-0.2, -0.15) is 0 Å². The Morgan fingerprint density at radius 1 is 1.17 bits per heavy atom. The third kappa shape index (κ3) is 4.00. The number of benzene rings is 1. The standard InChI is InChI=1S/C20H16N4O4S2/c1-24-19(27)16-13(12-6-3-2-4-7-12)10-29-18(16)21-20(24)30-11-15(25)22-23-17(26)14-8-5-9-28-14/h2-10H,11H2,1H3,(H,22,25)(H,23,26). The Hall–Kier alpha value is -3.37. The molecule has 4 aromatic rings. The molecule has 0 fully saturated rings. The van der Waals surface area contributed by atoms with E-state index in [4.69, 9.17) is 4.42 Å². The van der Waals surface area contributed by atoms with Crippen LogP contribution in [-0.4, -0.2) is 27.1 Å². The van der Waals surface area contributed by atoms with E-state index in [1.54, 1.807) is 13.1 Å². The zero-order valence-corrected chi connectivity index (χ0v) is 17.4. The summed E-state index contributed by atoms with van der Waals surface area (Å²) in [6.45, 7) is 0. The molecule has 3 heterocycles. The van der Waals surface area contributed by atoms with Crippen molar-refractivity contribution in [2.75, 3.05) is 5.75 Å². The highest BCUT2D eigenvalue weighted by Crippen LogP contribution is 2.31. The number of carbonyl (C=O) groups is 2. The number of hydrogen-bond donors (Lipinski definition) is 2. The number of thioether (sulfide) groups is 1. The maximum atomic E-state index is 12.9. The van der Waals surface area contributed by atoms with Gasteiger partial charge in [0.25, 0.3) is 5.56 Å². The van der Waals surface area contributed by atoms with Crippen LogP contribution in [0.25, 0.3) is 21.3 Å². The van der Waals surface area contributed by atoms with E-state index in [1.165, 1.54) is 28.2 Å². The summed E-state index contributed by atoms with van der Waals surface area (Å²) in [5.74, 6) is -0.937. The highest BCUT2D eigenvalue weighted by Gasteiger charge is 2.17. The molecule has 3 aromatic heterocycles. The molecule has 0 unspecified atom stereocenters. The smallest absolute Gasteiger partial charge is 0.305 e. The zero-order valence-electron chi connectivity index (χ0n) is 15.7. The van der Waals surface area contributed by atoms with E-state index >= 15 is 0 Å². The van der Waals surface area contributed by atoms with Crippen molar-refractivity contribution < 1.29 is 14.0 Å². The predicted octanol–water partition coefficient (Wildman–Crippen LogP) is 2.81. The van der Waals surface area contributed by atoms with Crippen molar-refractivity contribution in [1.82, 2.24) is 20.4 Å². The predicted molar refractivity (Wildman–Crippen MR) is 115 cm³/mol. The number of nitrogens with zero attached hydrogens (tertiary/aromatic N) is 2. The summed E-state index contributed by atoms with van der Waals surface area (Å²) >= 11 is 2.50. The molecule has 0 bridgehead atoms. The first-order chi connectivity index (χ1) is 14.5. The Morgan fingerprint density at radius 2 is 1.97 bits per heavy atom. The molecule has 1 aromatic carbocycles. The second-order valence-electron chi connectivity index (χ2n) is 6.22. The van der Waals surface area contributed by atoms with E-state index in [0.717, 1.165) is 22.9 Å². The van der Waals surface area contributed by atoms with Crippen LogP contribution in [0.3, 0.4) is 0 Å². The number of hydrazine groups is 1. The van der Waals surface area contributed by atoms with E-state index in [-0.39, 0.29) is 17.1 Å². The average Bonchev–Trinajstić information content (AvgIpc) is 3.44. The van der Waals surface area contributed by atoms with Gasteiger partial charge in [0.05, 0.1) is 17.4 Å². The number of thiophene rings is 1. The first-order valence-electron chi connectivity index (χ1n) is 8.83. The Bertz CT molecular complexity index is 1260. The Labute approximate surface area is 178 Å². The number of fused-ring (bicyclic) bond motifs is 1. The van der Waals surface area contributed by atoms with Crippen LogP contribution in [0.5, 0.6) is 0 Å². The number of amides is 2. The lowest BCUT2D eigenvalue weighted by molar-refractivity contribution is -0.119. The molecule has 8 nitrogen and oxygen atoms in total. The van der Waals surface area contributed by atoms with Gasteiger partial charge in [0.2, 0.25) is 5.91 Å². The molecule has 2 N–H and O–H groups in total. The molecule has 0 radical (unpaired) electrons. The third-order valence-corrected chi connectivity index (χ3v) is 6.15. The highest BCUT2D eigenvalue weighted by molar-refractivity contribution is 7.99. The molecule has 0 saturated carbocycles. The lowest BCUT2D eigenvalue weighted by atomic mass is 10.1. The highest BCUT2D eigenvalue weighted by atomic mass is 32.2. The topological polar surface area (TPSA) is 106 Å². The van der Waals surface area contributed by atoms with Crippen LogP contribution in [0, 0.1) is 0 Å². The number of carbonyl (C=O) groups excluding carboxylic acids is 2. The average molecular weight is 441 g/mol. The molecule has 0 atom stereocenters. The zero-order chi connectivity index (χ0) is 21.1. The van der Waals surface area contributed by atoms with Crippen molar-refractivity contribution >= 4 is 45.1 Å². The first-order valence-corrected chi connectivity index (χ1v) is 10.7. The van der Waals surface area contributed by atoms with Gasteiger partial charge in [0, 0.05) is 18.0 Å². The number of furan rings is 1. The van der Waals surface area contributed by atoms with Crippen LogP contribution in [0.15, 0.2) is 68.5 Å². The van der Waals surface area contributed by atoms with Crippen molar-refractivity contribution in [3.63, 3.8) is 0 Å². The summed E-state index contributed by atoms with van der Waals surface area (Å²) < 4.78 is 6.38. The third-order valence-electron chi connectivity index (χ3n) is 4.25. The van der Waals surface area contributed by atoms with Gasteiger partial charge in [-0.25, -0.2) is 4.98 Å². The van der Waals surface area contributed by atoms with Crippen molar-refractivity contribution in [2.45, 2.75) is 5.16 Å². The normalized spacial score (nSPS) is 10.8. The van der Waals surface area contributed by atoms with Crippen LogP contribution in [0.1, 0.15) is 10.6 Å². The molecule has 152 valence electrons. The SMILES string of the molecule is Cn1c(SCC(=O)NNC(=O)c2ccco2)nc2scc(-c3ccccc3)c2c1=O. The van der Waals surface area contributed by atoms with Crippen molar-refractivity contribution in [2.24, 2.45) is 7.05 Å². The van der Waals surface area contributed by atoms with E-state index in [1.807, 2.05) is 35.7 Å². The summed E-state index contributed by atoms with van der Waals surface area (Å²) in [7, 11) is 1.63. The van der Waals surface area contributed by atoms with E-state index in [0.29, 0.717) is 15.4 Å². The van der Waals surface area contributed by atoms with Crippen LogP contribution < -0.4 is 16.4 Å². The first kappa shape index (κ1) is 19.9. The maximum absolute atomic E-state index is 12.9. The molecule has 0 spiro atoms.